The number of para-hydroxylation sites is 1. The maximum absolute atomic E-state index is 12.0. The molecule has 6 heteroatoms. The Labute approximate surface area is 143 Å². The minimum Gasteiger partial charge on any atom is -0.361 e. The number of fused-ring (bicyclic) bond motifs is 1. The molecule has 3 aromatic rings. The van der Waals surface area contributed by atoms with Gasteiger partial charge in [0, 0.05) is 30.6 Å². The highest BCUT2D eigenvalue weighted by Gasteiger charge is 2.09. The number of aromatic amines is 1. The Hall–Kier alpha value is -2.08. The third-order valence-electron chi connectivity index (χ3n) is 3.99. The van der Waals surface area contributed by atoms with Crippen LogP contribution in [-0.2, 0) is 24.8 Å². The van der Waals surface area contributed by atoms with E-state index in [0.29, 0.717) is 13.0 Å². The molecule has 0 radical (unpaired) electrons. The molecular weight excluding hydrogens is 356 g/mol. The van der Waals surface area contributed by atoms with Gasteiger partial charge in [-0.2, -0.15) is 5.10 Å². The van der Waals surface area contributed by atoms with Gasteiger partial charge >= 0.3 is 0 Å². The molecule has 2 N–H and O–H groups in total. The number of halogens is 1. The van der Waals surface area contributed by atoms with Gasteiger partial charge in [0.05, 0.1) is 22.9 Å². The van der Waals surface area contributed by atoms with Crippen LogP contribution in [0.25, 0.3) is 10.9 Å². The molecule has 0 fully saturated rings. The van der Waals surface area contributed by atoms with Crippen LogP contribution >= 0.6 is 15.9 Å². The van der Waals surface area contributed by atoms with E-state index in [1.54, 1.807) is 10.9 Å². The molecule has 0 aliphatic rings. The van der Waals surface area contributed by atoms with Crippen molar-refractivity contribution in [2.45, 2.75) is 25.8 Å². The van der Waals surface area contributed by atoms with Gasteiger partial charge in [-0.1, -0.05) is 18.2 Å². The second kappa shape index (κ2) is 7.00. The predicted octanol–water partition coefficient (Wildman–Crippen LogP) is 3.30. The predicted molar refractivity (Wildman–Crippen MR) is 94.0 cm³/mol. The second-order valence-electron chi connectivity index (χ2n) is 5.55. The first kappa shape index (κ1) is 15.8. The SMILES string of the molecule is Cn1ncc(Br)c1CNC(=O)CCCc1c[nH]c2ccccc12. The number of aryl methyl sites for hydroxylation is 2. The van der Waals surface area contributed by atoms with E-state index in [0.717, 1.165) is 28.5 Å². The molecule has 1 amide bonds. The zero-order valence-corrected chi connectivity index (χ0v) is 14.6. The van der Waals surface area contributed by atoms with Crippen LogP contribution in [0.3, 0.4) is 0 Å². The minimum absolute atomic E-state index is 0.0675. The van der Waals surface area contributed by atoms with Gasteiger partial charge in [0.15, 0.2) is 0 Å². The maximum atomic E-state index is 12.0. The zero-order chi connectivity index (χ0) is 16.2. The Morgan fingerprint density at radius 1 is 1.39 bits per heavy atom. The van der Waals surface area contributed by atoms with Gasteiger partial charge in [-0.3, -0.25) is 9.48 Å². The van der Waals surface area contributed by atoms with Crippen LogP contribution in [0.2, 0.25) is 0 Å². The highest BCUT2D eigenvalue weighted by molar-refractivity contribution is 9.10. The summed E-state index contributed by atoms with van der Waals surface area (Å²) >= 11 is 3.43. The van der Waals surface area contributed by atoms with E-state index < -0.39 is 0 Å². The van der Waals surface area contributed by atoms with Crippen LogP contribution in [-0.4, -0.2) is 20.7 Å². The highest BCUT2D eigenvalue weighted by Crippen LogP contribution is 2.19. The molecule has 0 saturated heterocycles. The van der Waals surface area contributed by atoms with Crippen molar-refractivity contribution in [3.05, 3.63) is 52.4 Å². The summed E-state index contributed by atoms with van der Waals surface area (Å²) in [7, 11) is 1.86. The summed E-state index contributed by atoms with van der Waals surface area (Å²) in [6, 6.07) is 8.24. The molecule has 1 aromatic carbocycles. The van der Waals surface area contributed by atoms with Crippen molar-refractivity contribution in [1.29, 1.82) is 0 Å². The summed E-state index contributed by atoms with van der Waals surface area (Å²) in [6.07, 6.45) is 6.02. The normalized spacial score (nSPS) is 11.0. The van der Waals surface area contributed by atoms with Crippen LogP contribution in [0.15, 0.2) is 41.1 Å². The van der Waals surface area contributed by atoms with Crippen molar-refractivity contribution >= 4 is 32.7 Å². The van der Waals surface area contributed by atoms with Crippen LogP contribution in [0.4, 0.5) is 0 Å². The van der Waals surface area contributed by atoms with Crippen molar-refractivity contribution in [3.63, 3.8) is 0 Å². The number of benzene rings is 1. The van der Waals surface area contributed by atoms with Gasteiger partial charge in [-0.15, -0.1) is 0 Å². The van der Waals surface area contributed by atoms with Gasteiger partial charge in [-0.05, 0) is 40.4 Å². The van der Waals surface area contributed by atoms with E-state index in [1.165, 1.54) is 10.9 Å². The standard InChI is InChI=1S/C17H19BrN4O/c1-22-16(14(18)10-21-22)11-20-17(23)8-4-5-12-9-19-15-7-3-2-6-13(12)15/h2-3,6-7,9-10,19H,4-5,8,11H2,1H3,(H,20,23). The largest absolute Gasteiger partial charge is 0.361 e. The number of nitrogens with zero attached hydrogens (tertiary/aromatic N) is 2. The molecule has 0 saturated carbocycles. The Morgan fingerprint density at radius 3 is 3.00 bits per heavy atom. The number of carbonyl (C=O) groups is 1. The molecule has 0 aliphatic carbocycles. The fourth-order valence-electron chi connectivity index (χ4n) is 2.68. The molecule has 5 nitrogen and oxygen atoms in total. The van der Waals surface area contributed by atoms with Crippen molar-refractivity contribution in [2.75, 3.05) is 0 Å². The van der Waals surface area contributed by atoms with E-state index in [4.69, 9.17) is 0 Å². The van der Waals surface area contributed by atoms with Crippen molar-refractivity contribution in [3.8, 4) is 0 Å². The molecule has 0 atom stereocenters. The molecule has 0 aliphatic heterocycles. The van der Waals surface area contributed by atoms with Crippen LogP contribution < -0.4 is 5.32 Å². The Bertz CT molecular complexity index is 801. The lowest BCUT2D eigenvalue weighted by Gasteiger charge is -2.06. The van der Waals surface area contributed by atoms with E-state index in [2.05, 4.69) is 43.5 Å². The monoisotopic (exact) mass is 374 g/mol. The number of aromatic nitrogens is 3. The van der Waals surface area contributed by atoms with E-state index >= 15 is 0 Å². The van der Waals surface area contributed by atoms with Gasteiger partial charge < -0.3 is 10.3 Å². The van der Waals surface area contributed by atoms with Crippen molar-refractivity contribution < 1.29 is 4.79 Å². The number of rotatable bonds is 6. The number of carbonyl (C=O) groups excluding carboxylic acids is 1. The summed E-state index contributed by atoms with van der Waals surface area (Å²) in [5, 5.41) is 8.32. The number of H-pyrrole nitrogens is 1. The fourth-order valence-corrected chi connectivity index (χ4v) is 3.17. The lowest BCUT2D eigenvalue weighted by molar-refractivity contribution is -0.121. The van der Waals surface area contributed by atoms with Crippen LogP contribution in [0, 0.1) is 0 Å². The van der Waals surface area contributed by atoms with Gasteiger partial charge in [0.25, 0.3) is 0 Å². The number of hydrogen-bond acceptors (Lipinski definition) is 2. The fraction of sp³-hybridized carbons (Fsp3) is 0.294. The maximum Gasteiger partial charge on any atom is 0.220 e. The Kier molecular flexibility index (Phi) is 4.81. The average Bonchev–Trinajstić information content (AvgIpc) is 3.10. The molecule has 0 spiro atoms. The third kappa shape index (κ3) is 3.64. The molecule has 120 valence electrons. The lowest BCUT2D eigenvalue weighted by Crippen LogP contribution is -2.24. The third-order valence-corrected chi connectivity index (χ3v) is 4.65. The van der Waals surface area contributed by atoms with Crippen LogP contribution in [0.1, 0.15) is 24.1 Å². The van der Waals surface area contributed by atoms with E-state index in [-0.39, 0.29) is 5.91 Å². The Morgan fingerprint density at radius 2 is 2.22 bits per heavy atom. The Balaban J connectivity index is 1.48. The topological polar surface area (TPSA) is 62.7 Å². The number of hydrogen-bond donors (Lipinski definition) is 2. The number of amides is 1. The summed E-state index contributed by atoms with van der Waals surface area (Å²) in [5.41, 5.74) is 3.38. The van der Waals surface area contributed by atoms with Gasteiger partial charge in [0.2, 0.25) is 5.91 Å². The first-order valence-corrected chi connectivity index (χ1v) is 8.42. The number of nitrogens with one attached hydrogen (secondary N) is 2. The molecule has 23 heavy (non-hydrogen) atoms. The van der Waals surface area contributed by atoms with E-state index in [1.807, 2.05) is 25.4 Å². The summed E-state index contributed by atoms with van der Waals surface area (Å²) < 4.78 is 2.68. The summed E-state index contributed by atoms with van der Waals surface area (Å²) in [5.74, 6) is 0.0675. The van der Waals surface area contributed by atoms with Gasteiger partial charge in [-0.25, -0.2) is 0 Å². The molecule has 3 rings (SSSR count). The lowest BCUT2D eigenvalue weighted by atomic mass is 10.1. The van der Waals surface area contributed by atoms with E-state index in [9.17, 15) is 4.79 Å². The highest BCUT2D eigenvalue weighted by atomic mass is 79.9. The molecule has 0 bridgehead atoms. The van der Waals surface area contributed by atoms with Gasteiger partial charge in [0.1, 0.15) is 0 Å². The quantitative estimate of drug-likeness (QED) is 0.695. The minimum atomic E-state index is 0.0675. The first-order chi connectivity index (χ1) is 11.1. The van der Waals surface area contributed by atoms with Crippen molar-refractivity contribution in [2.24, 2.45) is 7.05 Å². The second-order valence-corrected chi connectivity index (χ2v) is 6.41. The first-order valence-electron chi connectivity index (χ1n) is 7.63. The van der Waals surface area contributed by atoms with Crippen molar-refractivity contribution in [1.82, 2.24) is 20.1 Å². The van der Waals surface area contributed by atoms with Crippen LogP contribution in [0.5, 0.6) is 0 Å². The molecule has 2 heterocycles. The summed E-state index contributed by atoms with van der Waals surface area (Å²) in [4.78, 5) is 15.3. The average molecular weight is 375 g/mol. The molecular formula is C17H19BrN4O. The molecule has 2 aromatic heterocycles. The molecule has 0 unspecified atom stereocenters. The summed E-state index contributed by atoms with van der Waals surface area (Å²) in [6.45, 7) is 0.489. The smallest absolute Gasteiger partial charge is 0.220 e. The zero-order valence-electron chi connectivity index (χ0n) is 13.0.